The van der Waals surface area contributed by atoms with E-state index in [4.69, 9.17) is 4.74 Å². The molecule has 1 aromatic carbocycles. The number of amides is 1. The average Bonchev–Trinajstić information content (AvgIpc) is 3.08. The summed E-state index contributed by atoms with van der Waals surface area (Å²) in [6.07, 6.45) is 2.61. The molecule has 1 unspecified atom stereocenters. The summed E-state index contributed by atoms with van der Waals surface area (Å²) >= 11 is 0. The minimum atomic E-state index is -0.532. The van der Waals surface area contributed by atoms with Crippen molar-refractivity contribution in [1.82, 2.24) is 19.7 Å². The van der Waals surface area contributed by atoms with Crippen molar-refractivity contribution in [3.63, 3.8) is 0 Å². The van der Waals surface area contributed by atoms with E-state index in [0.29, 0.717) is 19.7 Å². The van der Waals surface area contributed by atoms with Gasteiger partial charge in [0.15, 0.2) is 0 Å². The largest absolute Gasteiger partial charge is 0.375 e. The van der Waals surface area contributed by atoms with Gasteiger partial charge < -0.3 is 9.64 Å². The number of nitrogens with zero attached hydrogens (tertiary/aromatic N) is 5. The van der Waals surface area contributed by atoms with Crippen molar-refractivity contribution < 1.29 is 14.5 Å². The molecule has 1 amide bonds. The van der Waals surface area contributed by atoms with Crippen LogP contribution < -0.4 is 0 Å². The lowest BCUT2D eigenvalue weighted by molar-refractivity contribution is -0.384. The van der Waals surface area contributed by atoms with Crippen LogP contribution in [-0.2, 0) is 4.74 Å². The van der Waals surface area contributed by atoms with Crippen LogP contribution in [0.2, 0.25) is 0 Å². The van der Waals surface area contributed by atoms with Crippen LogP contribution in [0.4, 0.5) is 5.69 Å². The van der Waals surface area contributed by atoms with Crippen molar-refractivity contribution in [2.24, 2.45) is 0 Å². The molecule has 0 saturated carbocycles. The second-order valence-electron chi connectivity index (χ2n) is 5.23. The summed E-state index contributed by atoms with van der Waals surface area (Å²) in [4.78, 5) is 28.7. The topological polar surface area (TPSA) is 103 Å². The standard InChI is InChI=1S/C14H15N5O4/c1-10-7-17(4-5-23-10)14(20)11-2-3-12(13(6-11)19(21)22)18-9-15-8-16-18/h2-3,6,8-10H,4-5,7H2,1H3. The summed E-state index contributed by atoms with van der Waals surface area (Å²) < 4.78 is 6.70. The predicted molar refractivity (Wildman–Crippen MR) is 79.3 cm³/mol. The van der Waals surface area contributed by atoms with Gasteiger partial charge in [-0.25, -0.2) is 9.67 Å². The maximum absolute atomic E-state index is 12.5. The van der Waals surface area contributed by atoms with Crippen LogP contribution in [0.3, 0.4) is 0 Å². The van der Waals surface area contributed by atoms with Gasteiger partial charge in [-0.3, -0.25) is 14.9 Å². The lowest BCUT2D eigenvalue weighted by Crippen LogP contribution is -2.44. The van der Waals surface area contributed by atoms with Gasteiger partial charge in [0.25, 0.3) is 11.6 Å². The van der Waals surface area contributed by atoms with Gasteiger partial charge in [0, 0.05) is 24.7 Å². The van der Waals surface area contributed by atoms with Gasteiger partial charge in [0.1, 0.15) is 18.3 Å². The molecular weight excluding hydrogens is 302 g/mol. The minimum Gasteiger partial charge on any atom is -0.375 e. The fourth-order valence-electron chi connectivity index (χ4n) is 2.51. The van der Waals surface area contributed by atoms with E-state index >= 15 is 0 Å². The Hall–Kier alpha value is -2.81. The molecule has 0 spiro atoms. The van der Waals surface area contributed by atoms with Gasteiger partial charge in [-0.05, 0) is 19.1 Å². The maximum Gasteiger partial charge on any atom is 0.295 e. The number of ether oxygens (including phenoxy) is 1. The maximum atomic E-state index is 12.5. The average molecular weight is 317 g/mol. The molecule has 0 N–H and O–H groups in total. The number of carbonyl (C=O) groups excluding carboxylic acids is 1. The van der Waals surface area contributed by atoms with Gasteiger partial charge in [0.2, 0.25) is 0 Å². The third kappa shape index (κ3) is 3.04. The normalized spacial score (nSPS) is 18.0. The Bertz CT molecular complexity index is 731. The van der Waals surface area contributed by atoms with Crippen LogP contribution in [0.5, 0.6) is 0 Å². The van der Waals surface area contributed by atoms with Crippen LogP contribution in [0.25, 0.3) is 5.69 Å². The summed E-state index contributed by atoms with van der Waals surface area (Å²) in [6, 6.07) is 4.34. The fourth-order valence-corrected chi connectivity index (χ4v) is 2.51. The Morgan fingerprint density at radius 3 is 2.96 bits per heavy atom. The highest BCUT2D eigenvalue weighted by Gasteiger charge is 2.25. The van der Waals surface area contributed by atoms with Gasteiger partial charge in [0.05, 0.1) is 17.6 Å². The molecule has 0 aliphatic carbocycles. The summed E-state index contributed by atoms with van der Waals surface area (Å²) in [5, 5.41) is 15.2. The number of hydrogen-bond donors (Lipinski definition) is 0. The van der Waals surface area contributed by atoms with Crippen molar-refractivity contribution in [3.8, 4) is 5.69 Å². The Kier molecular flexibility index (Phi) is 4.02. The van der Waals surface area contributed by atoms with Gasteiger partial charge in [-0.1, -0.05) is 0 Å². The van der Waals surface area contributed by atoms with E-state index < -0.39 is 4.92 Å². The number of carbonyl (C=O) groups is 1. The Morgan fingerprint density at radius 1 is 1.48 bits per heavy atom. The van der Waals surface area contributed by atoms with E-state index in [-0.39, 0.29) is 28.9 Å². The molecule has 9 nitrogen and oxygen atoms in total. The van der Waals surface area contributed by atoms with Crippen LogP contribution in [-0.4, -0.2) is 56.3 Å². The molecule has 1 fully saturated rings. The van der Waals surface area contributed by atoms with E-state index in [1.54, 1.807) is 11.0 Å². The van der Waals surface area contributed by atoms with Gasteiger partial charge >= 0.3 is 0 Å². The first kappa shape index (κ1) is 15.1. The lowest BCUT2D eigenvalue weighted by atomic mass is 10.1. The molecule has 120 valence electrons. The number of aromatic nitrogens is 3. The zero-order valence-electron chi connectivity index (χ0n) is 12.5. The summed E-state index contributed by atoms with van der Waals surface area (Å²) in [5.41, 5.74) is 0.344. The predicted octanol–water partition coefficient (Wildman–Crippen LogP) is 1.04. The third-order valence-corrected chi connectivity index (χ3v) is 3.61. The number of benzene rings is 1. The molecule has 2 aromatic rings. The zero-order valence-corrected chi connectivity index (χ0v) is 12.5. The molecule has 1 aromatic heterocycles. The smallest absolute Gasteiger partial charge is 0.295 e. The monoisotopic (exact) mass is 317 g/mol. The first-order valence-corrected chi connectivity index (χ1v) is 7.10. The summed E-state index contributed by atoms with van der Waals surface area (Å²) in [5.74, 6) is -0.242. The molecule has 0 bridgehead atoms. The summed E-state index contributed by atoms with van der Waals surface area (Å²) in [6.45, 7) is 3.29. The van der Waals surface area contributed by atoms with E-state index in [1.807, 2.05) is 6.92 Å². The fraction of sp³-hybridized carbons (Fsp3) is 0.357. The van der Waals surface area contributed by atoms with Crippen LogP contribution in [0.1, 0.15) is 17.3 Å². The number of hydrogen-bond acceptors (Lipinski definition) is 6. The highest BCUT2D eigenvalue weighted by atomic mass is 16.6. The van der Waals surface area contributed by atoms with Crippen molar-refractivity contribution in [2.75, 3.05) is 19.7 Å². The highest BCUT2D eigenvalue weighted by molar-refractivity contribution is 5.95. The van der Waals surface area contributed by atoms with Crippen molar-refractivity contribution >= 4 is 11.6 Å². The zero-order chi connectivity index (χ0) is 16.4. The van der Waals surface area contributed by atoms with Gasteiger partial charge in [-0.15, -0.1) is 0 Å². The molecule has 9 heteroatoms. The lowest BCUT2D eigenvalue weighted by Gasteiger charge is -2.31. The Balaban J connectivity index is 1.93. The van der Waals surface area contributed by atoms with Crippen molar-refractivity contribution in [3.05, 3.63) is 46.5 Å². The molecule has 3 rings (SSSR count). The molecule has 1 aliphatic rings. The van der Waals surface area contributed by atoms with Crippen LogP contribution >= 0.6 is 0 Å². The quantitative estimate of drug-likeness (QED) is 0.619. The number of morpholine rings is 1. The molecule has 1 atom stereocenters. The van der Waals surface area contributed by atoms with Crippen LogP contribution in [0, 0.1) is 10.1 Å². The van der Waals surface area contributed by atoms with E-state index in [2.05, 4.69) is 10.1 Å². The van der Waals surface area contributed by atoms with E-state index in [1.165, 1.54) is 29.5 Å². The molecule has 23 heavy (non-hydrogen) atoms. The Labute approximate surface area is 131 Å². The van der Waals surface area contributed by atoms with Gasteiger partial charge in [-0.2, -0.15) is 5.10 Å². The molecule has 1 aliphatic heterocycles. The Morgan fingerprint density at radius 2 is 2.30 bits per heavy atom. The van der Waals surface area contributed by atoms with Crippen LogP contribution in [0.15, 0.2) is 30.9 Å². The van der Waals surface area contributed by atoms with E-state index in [0.717, 1.165) is 0 Å². The van der Waals surface area contributed by atoms with E-state index in [9.17, 15) is 14.9 Å². The number of rotatable bonds is 3. The number of nitro groups is 1. The summed E-state index contributed by atoms with van der Waals surface area (Å²) in [7, 11) is 0. The third-order valence-electron chi connectivity index (χ3n) is 3.61. The second kappa shape index (κ2) is 6.13. The molecular formula is C14H15N5O4. The SMILES string of the molecule is CC1CN(C(=O)c2ccc(-n3cncn3)c([N+](=O)[O-])c2)CCO1. The minimum absolute atomic E-state index is 0.0443. The second-order valence-corrected chi connectivity index (χ2v) is 5.23. The molecule has 2 heterocycles. The molecule has 1 saturated heterocycles. The highest BCUT2D eigenvalue weighted by Crippen LogP contribution is 2.24. The van der Waals surface area contributed by atoms with Crippen molar-refractivity contribution in [2.45, 2.75) is 13.0 Å². The first-order chi connectivity index (χ1) is 11.1. The number of nitro benzene ring substituents is 1. The van der Waals surface area contributed by atoms with Crippen molar-refractivity contribution in [1.29, 1.82) is 0 Å². The molecule has 0 radical (unpaired) electrons. The first-order valence-electron chi connectivity index (χ1n) is 7.10.